The monoisotopic (exact) mass is 337 g/mol. The number of carbonyl (C=O) groups is 2. The van der Waals surface area contributed by atoms with Crippen molar-refractivity contribution >= 4 is 33.5 Å². The van der Waals surface area contributed by atoms with Gasteiger partial charge < -0.3 is 14.8 Å². The molecule has 0 saturated carbocycles. The quantitative estimate of drug-likeness (QED) is 0.893. The summed E-state index contributed by atoms with van der Waals surface area (Å²) in [5.41, 5.74) is 1.59. The number of benzene rings is 1. The van der Waals surface area contributed by atoms with Gasteiger partial charge in [-0.25, -0.2) is 4.79 Å². The number of aromatic carboxylic acids is 1. The fraction of sp³-hybridized carbons (Fsp3) is 0.143. The molecule has 2 N–H and O–H groups in total. The fourth-order valence-corrected chi connectivity index (χ4v) is 2.14. The van der Waals surface area contributed by atoms with Gasteiger partial charge in [-0.15, -0.1) is 0 Å². The molecule has 1 amide bonds. The van der Waals surface area contributed by atoms with Crippen molar-refractivity contribution in [2.24, 2.45) is 0 Å². The summed E-state index contributed by atoms with van der Waals surface area (Å²) in [6.07, 6.45) is 1.80. The maximum absolute atomic E-state index is 12.0. The van der Waals surface area contributed by atoms with Gasteiger partial charge in [0.15, 0.2) is 5.76 Å². The molecular formula is C14H12BrNO4. The van der Waals surface area contributed by atoms with E-state index < -0.39 is 11.9 Å². The molecule has 0 atom stereocenters. The summed E-state index contributed by atoms with van der Waals surface area (Å²) in [6.45, 7) is 1.98. The van der Waals surface area contributed by atoms with Crippen molar-refractivity contribution in [1.82, 2.24) is 0 Å². The van der Waals surface area contributed by atoms with Crippen LogP contribution >= 0.6 is 15.9 Å². The Morgan fingerprint density at radius 3 is 2.70 bits per heavy atom. The topological polar surface area (TPSA) is 79.5 Å². The molecule has 1 aromatic heterocycles. The maximum Gasteiger partial charge on any atom is 0.338 e. The Morgan fingerprint density at radius 1 is 1.35 bits per heavy atom. The standard InChI is InChI=1S/C14H12BrNO4/c1-2-8-5-10(15)3-4-11(8)16-13(17)12-6-9(7-20-12)14(18)19/h3-7H,2H2,1H3,(H,16,17)(H,18,19). The van der Waals surface area contributed by atoms with Crippen molar-refractivity contribution in [2.75, 3.05) is 5.32 Å². The lowest BCUT2D eigenvalue weighted by molar-refractivity contribution is 0.0696. The van der Waals surface area contributed by atoms with Crippen molar-refractivity contribution < 1.29 is 19.1 Å². The molecule has 0 bridgehead atoms. The highest BCUT2D eigenvalue weighted by molar-refractivity contribution is 9.10. The lowest BCUT2D eigenvalue weighted by Gasteiger charge is -2.09. The van der Waals surface area contributed by atoms with Gasteiger partial charge >= 0.3 is 5.97 Å². The largest absolute Gasteiger partial charge is 0.478 e. The number of amides is 1. The summed E-state index contributed by atoms with van der Waals surface area (Å²) >= 11 is 3.37. The van der Waals surface area contributed by atoms with Gasteiger partial charge in [-0.3, -0.25) is 4.79 Å². The molecule has 2 aromatic rings. The molecule has 1 heterocycles. The predicted molar refractivity (Wildman–Crippen MR) is 77.1 cm³/mol. The summed E-state index contributed by atoms with van der Waals surface area (Å²) in [6, 6.07) is 6.71. The molecule has 0 aliphatic carbocycles. The van der Waals surface area contributed by atoms with Crippen molar-refractivity contribution in [3.63, 3.8) is 0 Å². The van der Waals surface area contributed by atoms with E-state index in [0.717, 1.165) is 22.7 Å². The molecule has 2 rings (SSSR count). The molecular weight excluding hydrogens is 326 g/mol. The molecule has 0 spiro atoms. The number of rotatable bonds is 4. The smallest absolute Gasteiger partial charge is 0.338 e. The molecule has 1 aromatic carbocycles. The van der Waals surface area contributed by atoms with Crippen LogP contribution in [0, 0.1) is 0 Å². The van der Waals surface area contributed by atoms with E-state index in [1.54, 1.807) is 6.07 Å². The van der Waals surface area contributed by atoms with Crippen LogP contribution in [-0.4, -0.2) is 17.0 Å². The van der Waals surface area contributed by atoms with Crippen molar-refractivity contribution in [3.8, 4) is 0 Å². The predicted octanol–water partition coefficient (Wildman–Crippen LogP) is 3.56. The van der Waals surface area contributed by atoms with Gasteiger partial charge in [0.1, 0.15) is 6.26 Å². The number of halogens is 1. The van der Waals surface area contributed by atoms with Crippen molar-refractivity contribution in [1.29, 1.82) is 0 Å². The summed E-state index contributed by atoms with van der Waals surface area (Å²) in [7, 11) is 0. The number of nitrogens with one attached hydrogen (secondary N) is 1. The number of carboxylic acids is 1. The zero-order valence-electron chi connectivity index (χ0n) is 10.6. The van der Waals surface area contributed by atoms with Gasteiger partial charge in [-0.05, 0) is 30.2 Å². The third kappa shape index (κ3) is 3.08. The summed E-state index contributed by atoms with van der Waals surface area (Å²) < 4.78 is 5.88. The molecule has 0 unspecified atom stereocenters. The summed E-state index contributed by atoms with van der Waals surface area (Å²) in [5.74, 6) is -1.65. The highest BCUT2D eigenvalue weighted by atomic mass is 79.9. The maximum atomic E-state index is 12.0. The van der Waals surface area contributed by atoms with Crippen LogP contribution < -0.4 is 5.32 Å². The average molecular weight is 338 g/mol. The van der Waals surface area contributed by atoms with E-state index in [1.807, 2.05) is 19.1 Å². The zero-order chi connectivity index (χ0) is 14.7. The van der Waals surface area contributed by atoms with Crippen molar-refractivity contribution in [2.45, 2.75) is 13.3 Å². The van der Waals surface area contributed by atoms with Gasteiger partial charge in [0.2, 0.25) is 0 Å². The molecule has 0 saturated heterocycles. The van der Waals surface area contributed by atoms with E-state index in [4.69, 9.17) is 9.52 Å². The Bertz CT molecular complexity index is 663. The second-order valence-electron chi connectivity index (χ2n) is 4.11. The molecule has 20 heavy (non-hydrogen) atoms. The van der Waals surface area contributed by atoms with Gasteiger partial charge in [0.25, 0.3) is 5.91 Å². The van der Waals surface area contributed by atoms with Crippen LogP contribution in [0.25, 0.3) is 0 Å². The van der Waals surface area contributed by atoms with Crippen LogP contribution in [0.3, 0.4) is 0 Å². The Hall–Kier alpha value is -2.08. The molecule has 0 radical (unpaired) electrons. The first kappa shape index (κ1) is 14.3. The Kier molecular flexibility index (Phi) is 4.24. The van der Waals surface area contributed by atoms with E-state index in [1.165, 1.54) is 6.07 Å². The molecule has 104 valence electrons. The third-order valence-corrected chi connectivity index (χ3v) is 3.26. The van der Waals surface area contributed by atoms with Gasteiger partial charge in [0, 0.05) is 16.2 Å². The molecule has 5 nitrogen and oxygen atoms in total. The van der Waals surface area contributed by atoms with Crippen LogP contribution in [-0.2, 0) is 6.42 Å². The minimum atomic E-state index is -1.13. The zero-order valence-corrected chi connectivity index (χ0v) is 12.2. The normalized spacial score (nSPS) is 10.3. The van der Waals surface area contributed by atoms with Crippen LogP contribution in [0.5, 0.6) is 0 Å². The van der Waals surface area contributed by atoms with Crippen LogP contribution in [0.4, 0.5) is 5.69 Å². The first-order valence-corrected chi connectivity index (χ1v) is 6.72. The number of hydrogen-bond acceptors (Lipinski definition) is 3. The first-order valence-electron chi connectivity index (χ1n) is 5.93. The minimum absolute atomic E-state index is 0.0348. The minimum Gasteiger partial charge on any atom is -0.478 e. The second-order valence-corrected chi connectivity index (χ2v) is 5.03. The van der Waals surface area contributed by atoms with Gasteiger partial charge in [-0.2, -0.15) is 0 Å². The molecule has 0 fully saturated rings. The Balaban J connectivity index is 2.20. The van der Waals surface area contributed by atoms with E-state index in [2.05, 4.69) is 21.2 Å². The number of furan rings is 1. The van der Waals surface area contributed by atoms with E-state index in [0.29, 0.717) is 5.69 Å². The Labute approximate surface area is 123 Å². The number of aryl methyl sites for hydroxylation is 1. The number of hydrogen-bond donors (Lipinski definition) is 2. The lowest BCUT2D eigenvalue weighted by atomic mass is 10.1. The Morgan fingerprint density at radius 2 is 2.10 bits per heavy atom. The molecule has 6 heteroatoms. The highest BCUT2D eigenvalue weighted by Gasteiger charge is 2.15. The van der Waals surface area contributed by atoms with Crippen LogP contribution in [0.15, 0.2) is 39.4 Å². The first-order chi connectivity index (χ1) is 9.51. The van der Waals surface area contributed by atoms with Crippen molar-refractivity contribution in [3.05, 3.63) is 51.9 Å². The van der Waals surface area contributed by atoms with Crippen LogP contribution in [0.2, 0.25) is 0 Å². The van der Waals surface area contributed by atoms with Crippen LogP contribution in [0.1, 0.15) is 33.4 Å². The third-order valence-electron chi connectivity index (χ3n) is 2.77. The summed E-state index contributed by atoms with van der Waals surface area (Å²) in [5, 5.41) is 11.5. The average Bonchev–Trinajstić information content (AvgIpc) is 2.90. The van der Waals surface area contributed by atoms with E-state index >= 15 is 0 Å². The molecule has 0 aliphatic rings. The van der Waals surface area contributed by atoms with Gasteiger partial charge in [0.05, 0.1) is 5.56 Å². The number of carboxylic acid groups (broad SMARTS) is 1. The molecule has 0 aliphatic heterocycles. The number of carbonyl (C=O) groups excluding carboxylic acids is 1. The SMILES string of the molecule is CCc1cc(Br)ccc1NC(=O)c1cc(C(=O)O)co1. The van der Waals surface area contributed by atoms with E-state index in [-0.39, 0.29) is 11.3 Å². The van der Waals surface area contributed by atoms with E-state index in [9.17, 15) is 9.59 Å². The van der Waals surface area contributed by atoms with Gasteiger partial charge in [-0.1, -0.05) is 22.9 Å². The highest BCUT2D eigenvalue weighted by Crippen LogP contribution is 2.22. The summed E-state index contributed by atoms with van der Waals surface area (Å²) in [4.78, 5) is 22.7. The lowest BCUT2D eigenvalue weighted by Crippen LogP contribution is -2.12. The second kappa shape index (κ2) is 5.92. The fourth-order valence-electron chi connectivity index (χ4n) is 1.73. The number of anilines is 1.